The number of nitrogens with zero attached hydrogens (tertiary/aromatic N) is 4. The van der Waals surface area contributed by atoms with E-state index < -0.39 is 0 Å². The van der Waals surface area contributed by atoms with Crippen LogP contribution in [0.25, 0.3) is 0 Å². The minimum atomic E-state index is 0.626. The van der Waals surface area contributed by atoms with E-state index in [2.05, 4.69) is 32.1 Å². The maximum atomic E-state index is 6.21. The number of aromatic nitrogens is 2. The molecule has 1 aromatic rings. The molecule has 0 saturated carbocycles. The highest BCUT2D eigenvalue weighted by atomic mass is 35.5. The van der Waals surface area contributed by atoms with E-state index >= 15 is 0 Å². The van der Waals surface area contributed by atoms with Crippen LogP contribution in [0.3, 0.4) is 0 Å². The molecule has 1 saturated heterocycles. The molecule has 0 atom stereocenters. The van der Waals surface area contributed by atoms with Gasteiger partial charge in [0.15, 0.2) is 5.82 Å². The lowest BCUT2D eigenvalue weighted by molar-refractivity contribution is 0.360. The molecule has 2 heterocycles. The Balaban J connectivity index is 2.17. The number of likely N-dealkylation sites (N-methyl/N-ethyl adjacent to an activating group) is 1. The number of halogens is 1. The van der Waals surface area contributed by atoms with Gasteiger partial charge in [-0.05, 0) is 26.9 Å². The summed E-state index contributed by atoms with van der Waals surface area (Å²) >= 11 is 6.21. The van der Waals surface area contributed by atoms with Crippen molar-refractivity contribution >= 4 is 23.4 Å². The highest BCUT2D eigenvalue weighted by Gasteiger charge is 2.17. The van der Waals surface area contributed by atoms with Crippen LogP contribution in [-0.2, 0) is 0 Å². The van der Waals surface area contributed by atoms with Gasteiger partial charge in [0.2, 0.25) is 5.95 Å². The molecule has 6 heteroatoms. The lowest BCUT2D eigenvalue weighted by atomic mass is 10.4. The molecule has 5 nitrogen and oxygen atoms in total. The average Bonchev–Trinajstić information content (AvgIpc) is 2.57. The van der Waals surface area contributed by atoms with E-state index in [-0.39, 0.29) is 0 Å². The monoisotopic (exact) mass is 269 g/mol. The molecule has 1 N–H and O–H groups in total. The number of anilines is 2. The second kappa shape index (κ2) is 6.20. The first-order valence-electron chi connectivity index (χ1n) is 6.40. The highest BCUT2D eigenvalue weighted by molar-refractivity contribution is 6.32. The van der Waals surface area contributed by atoms with Gasteiger partial charge in [-0.2, -0.15) is 4.98 Å². The van der Waals surface area contributed by atoms with Crippen LogP contribution in [0, 0.1) is 0 Å². The Morgan fingerprint density at radius 2 is 2.17 bits per heavy atom. The van der Waals surface area contributed by atoms with E-state index in [1.807, 2.05) is 6.92 Å². The van der Waals surface area contributed by atoms with Crippen LogP contribution >= 0.6 is 11.6 Å². The Morgan fingerprint density at radius 3 is 2.94 bits per heavy atom. The molecule has 1 fully saturated rings. The number of rotatable bonds is 3. The van der Waals surface area contributed by atoms with Gasteiger partial charge in [0.1, 0.15) is 5.02 Å². The maximum absolute atomic E-state index is 6.21. The van der Waals surface area contributed by atoms with E-state index in [0.717, 1.165) is 45.0 Å². The van der Waals surface area contributed by atoms with Crippen molar-refractivity contribution in [2.24, 2.45) is 0 Å². The van der Waals surface area contributed by atoms with Gasteiger partial charge in [0.05, 0.1) is 6.20 Å². The second-order valence-corrected chi connectivity index (χ2v) is 4.95. The van der Waals surface area contributed by atoms with Gasteiger partial charge in [-0.25, -0.2) is 4.98 Å². The lowest BCUT2D eigenvalue weighted by Crippen LogP contribution is -2.29. The minimum Gasteiger partial charge on any atom is -0.354 e. The van der Waals surface area contributed by atoms with Crippen LogP contribution in [0.5, 0.6) is 0 Å². The summed E-state index contributed by atoms with van der Waals surface area (Å²) in [5.41, 5.74) is 0. The molecule has 0 amide bonds. The summed E-state index contributed by atoms with van der Waals surface area (Å²) in [4.78, 5) is 13.3. The molecule has 0 bridgehead atoms. The molecule has 0 spiro atoms. The van der Waals surface area contributed by atoms with Crippen molar-refractivity contribution < 1.29 is 0 Å². The standard InChI is InChI=1S/C12H20ClN5/c1-3-14-12-15-9-10(13)11(16-12)18-6-4-5-17(2)7-8-18/h9H,3-8H2,1-2H3,(H,14,15,16). The third-order valence-corrected chi connectivity index (χ3v) is 3.35. The summed E-state index contributed by atoms with van der Waals surface area (Å²) in [6.45, 7) is 6.95. The van der Waals surface area contributed by atoms with E-state index in [9.17, 15) is 0 Å². The summed E-state index contributed by atoms with van der Waals surface area (Å²) in [7, 11) is 2.15. The van der Waals surface area contributed by atoms with Crippen molar-refractivity contribution in [2.75, 3.05) is 50.0 Å². The molecule has 2 rings (SSSR count). The number of hydrogen-bond acceptors (Lipinski definition) is 5. The minimum absolute atomic E-state index is 0.626. The van der Waals surface area contributed by atoms with E-state index in [1.54, 1.807) is 6.20 Å². The number of nitrogens with one attached hydrogen (secondary N) is 1. The Morgan fingerprint density at radius 1 is 1.33 bits per heavy atom. The zero-order chi connectivity index (χ0) is 13.0. The van der Waals surface area contributed by atoms with E-state index in [1.165, 1.54) is 0 Å². The topological polar surface area (TPSA) is 44.3 Å². The first-order valence-corrected chi connectivity index (χ1v) is 6.78. The third-order valence-electron chi connectivity index (χ3n) is 3.08. The largest absolute Gasteiger partial charge is 0.354 e. The van der Waals surface area contributed by atoms with Gasteiger partial charge >= 0.3 is 0 Å². The quantitative estimate of drug-likeness (QED) is 0.905. The van der Waals surface area contributed by atoms with Crippen LogP contribution in [0.1, 0.15) is 13.3 Å². The van der Waals surface area contributed by atoms with Crippen molar-refractivity contribution in [3.8, 4) is 0 Å². The molecule has 0 aliphatic carbocycles. The SMILES string of the molecule is CCNc1ncc(Cl)c(N2CCCN(C)CC2)n1. The first-order chi connectivity index (χ1) is 8.70. The van der Waals surface area contributed by atoms with Gasteiger partial charge in [-0.3, -0.25) is 0 Å². The molecule has 18 heavy (non-hydrogen) atoms. The summed E-state index contributed by atoms with van der Waals surface area (Å²) in [5, 5.41) is 3.75. The van der Waals surface area contributed by atoms with Gasteiger partial charge < -0.3 is 15.1 Å². The van der Waals surface area contributed by atoms with Crippen LogP contribution in [0.2, 0.25) is 5.02 Å². The van der Waals surface area contributed by atoms with Crippen molar-refractivity contribution in [1.29, 1.82) is 0 Å². The molecule has 1 aliphatic rings. The smallest absolute Gasteiger partial charge is 0.224 e. The Kier molecular flexibility index (Phi) is 4.60. The van der Waals surface area contributed by atoms with Crippen molar-refractivity contribution in [3.63, 3.8) is 0 Å². The van der Waals surface area contributed by atoms with Crippen molar-refractivity contribution in [3.05, 3.63) is 11.2 Å². The van der Waals surface area contributed by atoms with Crippen LogP contribution in [0.15, 0.2) is 6.20 Å². The Hall–Kier alpha value is -1.07. The van der Waals surface area contributed by atoms with Crippen LogP contribution < -0.4 is 10.2 Å². The fourth-order valence-corrected chi connectivity index (χ4v) is 2.29. The molecule has 100 valence electrons. The predicted molar refractivity (Wildman–Crippen MR) is 75.5 cm³/mol. The average molecular weight is 270 g/mol. The zero-order valence-electron chi connectivity index (χ0n) is 11.0. The molecule has 0 aromatic carbocycles. The van der Waals surface area contributed by atoms with Gasteiger partial charge in [-0.15, -0.1) is 0 Å². The molecular weight excluding hydrogens is 250 g/mol. The summed E-state index contributed by atoms with van der Waals surface area (Å²) in [6, 6.07) is 0. The zero-order valence-corrected chi connectivity index (χ0v) is 11.7. The van der Waals surface area contributed by atoms with Gasteiger partial charge in [0, 0.05) is 26.2 Å². The molecule has 0 unspecified atom stereocenters. The lowest BCUT2D eigenvalue weighted by Gasteiger charge is -2.22. The third kappa shape index (κ3) is 3.23. The van der Waals surface area contributed by atoms with Crippen LogP contribution in [-0.4, -0.2) is 54.6 Å². The fraction of sp³-hybridized carbons (Fsp3) is 0.667. The number of hydrogen-bond donors (Lipinski definition) is 1. The normalized spacial score (nSPS) is 17.6. The summed E-state index contributed by atoms with van der Waals surface area (Å²) < 4.78 is 0. The highest BCUT2D eigenvalue weighted by Crippen LogP contribution is 2.24. The Bertz CT molecular complexity index is 398. The molecule has 1 aliphatic heterocycles. The first kappa shape index (κ1) is 13.4. The van der Waals surface area contributed by atoms with Crippen molar-refractivity contribution in [1.82, 2.24) is 14.9 Å². The summed E-state index contributed by atoms with van der Waals surface area (Å²) in [6.07, 6.45) is 2.81. The molecule has 0 radical (unpaired) electrons. The Labute approximate surface area is 113 Å². The fourth-order valence-electron chi connectivity index (χ4n) is 2.08. The van der Waals surface area contributed by atoms with E-state index in [0.29, 0.717) is 11.0 Å². The molecular formula is C12H20ClN5. The maximum Gasteiger partial charge on any atom is 0.224 e. The van der Waals surface area contributed by atoms with Crippen LogP contribution in [0.4, 0.5) is 11.8 Å². The van der Waals surface area contributed by atoms with Crippen molar-refractivity contribution in [2.45, 2.75) is 13.3 Å². The summed E-state index contributed by atoms with van der Waals surface area (Å²) in [5.74, 6) is 1.49. The van der Waals surface area contributed by atoms with E-state index in [4.69, 9.17) is 11.6 Å². The second-order valence-electron chi connectivity index (χ2n) is 4.54. The van der Waals surface area contributed by atoms with Gasteiger partial charge in [-0.1, -0.05) is 11.6 Å². The predicted octanol–water partition coefficient (Wildman–Crippen LogP) is 1.70. The van der Waals surface area contributed by atoms with Gasteiger partial charge in [0.25, 0.3) is 0 Å². The molecule has 1 aromatic heterocycles.